The third-order valence-electron chi connectivity index (χ3n) is 4.79. The highest BCUT2D eigenvalue weighted by molar-refractivity contribution is 6.18. The Labute approximate surface area is 115 Å². The number of benzene rings is 1. The molecule has 98 valence electrons. The van der Waals surface area contributed by atoms with E-state index in [1.807, 2.05) is 0 Å². The van der Waals surface area contributed by atoms with Crippen LogP contribution in [-0.2, 0) is 6.54 Å². The van der Waals surface area contributed by atoms with Crippen LogP contribution < -0.4 is 0 Å². The van der Waals surface area contributed by atoms with Gasteiger partial charge in [-0.15, -0.1) is 11.6 Å². The third-order valence-corrected chi connectivity index (χ3v) is 5.23. The summed E-state index contributed by atoms with van der Waals surface area (Å²) < 4.78 is 0. The molecular formula is C16H22ClN. The second-order valence-corrected chi connectivity index (χ2v) is 6.52. The van der Waals surface area contributed by atoms with Gasteiger partial charge in [-0.3, -0.25) is 4.90 Å². The minimum atomic E-state index is 0.605. The molecule has 0 bridgehead atoms. The summed E-state index contributed by atoms with van der Waals surface area (Å²) in [5.41, 5.74) is 2.05. The largest absolute Gasteiger partial charge is 0.299 e. The van der Waals surface area contributed by atoms with Gasteiger partial charge in [0.1, 0.15) is 0 Å². The van der Waals surface area contributed by atoms with Gasteiger partial charge >= 0.3 is 0 Å². The molecule has 3 rings (SSSR count). The van der Waals surface area contributed by atoms with Crippen molar-refractivity contribution in [1.82, 2.24) is 4.90 Å². The maximum Gasteiger partial charge on any atom is 0.0251 e. The molecule has 1 saturated carbocycles. The molecule has 1 heterocycles. The predicted molar refractivity (Wildman–Crippen MR) is 76.8 cm³/mol. The normalized spacial score (nSPS) is 32.4. The van der Waals surface area contributed by atoms with Crippen LogP contribution >= 0.6 is 11.6 Å². The Morgan fingerprint density at radius 1 is 1.22 bits per heavy atom. The summed E-state index contributed by atoms with van der Waals surface area (Å²) in [6.45, 7) is 3.67. The fraction of sp³-hybridized carbons (Fsp3) is 0.625. The van der Waals surface area contributed by atoms with Crippen molar-refractivity contribution >= 4 is 11.6 Å². The van der Waals surface area contributed by atoms with Crippen molar-refractivity contribution in [3.8, 4) is 0 Å². The van der Waals surface area contributed by atoms with Crippen molar-refractivity contribution in [2.45, 2.75) is 32.2 Å². The molecule has 0 radical (unpaired) electrons. The van der Waals surface area contributed by atoms with Gasteiger partial charge < -0.3 is 0 Å². The van der Waals surface area contributed by atoms with E-state index in [1.165, 1.54) is 44.3 Å². The first-order chi connectivity index (χ1) is 8.80. The Morgan fingerprint density at radius 2 is 2.06 bits per heavy atom. The number of hydrogen-bond acceptors (Lipinski definition) is 1. The standard InChI is InChI=1S/C16H22ClN/c17-11-15-6-7-16(10-15)8-9-18(13-16)12-14-4-2-1-3-5-14/h1-5,15H,6-13H2/t15-,16+/m0/s1. The summed E-state index contributed by atoms with van der Waals surface area (Å²) in [5, 5.41) is 0. The predicted octanol–water partition coefficient (Wildman–Crippen LogP) is 3.92. The highest BCUT2D eigenvalue weighted by Crippen LogP contribution is 2.48. The maximum atomic E-state index is 6.02. The summed E-state index contributed by atoms with van der Waals surface area (Å²) in [4.78, 5) is 2.63. The van der Waals surface area contributed by atoms with Crippen LogP contribution in [0, 0.1) is 11.3 Å². The van der Waals surface area contributed by atoms with Gasteiger partial charge in [0, 0.05) is 19.0 Å². The van der Waals surface area contributed by atoms with Gasteiger partial charge in [-0.2, -0.15) is 0 Å². The van der Waals surface area contributed by atoms with Crippen molar-refractivity contribution < 1.29 is 0 Å². The van der Waals surface area contributed by atoms with Gasteiger partial charge in [0.2, 0.25) is 0 Å². The average Bonchev–Trinajstić information content (AvgIpc) is 2.99. The topological polar surface area (TPSA) is 3.24 Å². The van der Waals surface area contributed by atoms with Gasteiger partial charge in [0.05, 0.1) is 0 Å². The Balaban J connectivity index is 1.59. The van der Waals surface area contributed by atoms with Gasteiger partial charge in [0.15, 0.2) is 0 Å². The minimum Gasteiger partial charge on any atom is -0.299 e. The van der Waals surface area contributed by atoms with Crippen molar-refractivity contribution in [1.29, 1.82) is 0 Å². The SMILES string of the molecule is ClC[C@H]1CC[C@@]2(CCN(Cc3ccccc3)C2)C1. The molecule has 1 aromatic rings. The number of likely N-dealkylation sites (tertiary alicyclic amines) is 1. The highest BCUT2D eigenvalue weighted by Gasteiger charge is 2.43. The van der Waals surface area contributed by atoms with Crippen LogP contribution in [-0.4, -0.2) is 23.9 Å². The van der Waals surface area contributed by atoms with E-state index in [9.17, 15) is 0 Å². The van der Waals surface area contributed by atoms with Gasteiger partial charge in [-0.1, -0.05) is 30.3 Å². The molecule has 2 atom stereocenters. The molecule has 1 aliphatic carbocycles. The van der Waals surface area contributed by atoms with Crippen molar-refractivity contribution in [3.05, 3.63) is 35.9 Å². The fourth-order valence-electron chi connectivity index (χ4n) is 3.83. The molecule has 0 N–H and O–H groups in total. The average molecular weight is 264 g/mol. The molecule has 1 aliphatic heterocycles. The molecule has 1 spiro atoms. The lowest BCUT2D eigenvalue weighted by Gasteiger charge is -2.24. The number of rotatable bonds is 3. The van der Waals surface area contributed by atoms with Crippen LogP contribution in [0.3, 0.4) is 0 Å². The van der Waals surface area contributed by atoms with Gasteiger partial charge in [-0.05, 0) is 49.1 Å². The van der Waals surface area contributed by atoms with Gasteiger partial charge in [0.25, 0.3) is 0 Å². The van der Waals surface area contributed by atoms with E-state index in [0.29, 0.717) is 5.41 Å². The number of halogens is 1. The second kappa shape index (κ2) is 5.22. The zero-order valence-corrected chi connectivity index (χ0v) is 11.7. The van der Waals surface area contributed by atoms with Crippen LogP contribution in [0.2, 0.25) is 0 Å². The smallest absolute Gasteiger partial charge is 0.0251 e. The minimum absolute atomic E-state index is 0.605. The maximum absolute atomic E-state index is 6.02. The number of alkyl halides is 1. The van der Waals surface area contributed by atoms with E-state index >= 15 is 0 Å². The molecule has 1 nitrogen and oxygen atoms in total. The molecule has 0 unspecified atom stereocenters. The zero-order chi connectivity index (χ0) is 12.4. The van der Waals surface area contributed by atoms with Crippen LogP contribution in [0.25, 0.3) is 0 Å². The molecule has 2 aliphatic rings. The van der Waals surface area contributed by atoms with Crippen LogP contribution in [0.5, 0.6) is 0 Å². The lowest BCUT2D eigenvalue weighted by atomic mass is 9.85. The summed E-state index contributed by atoms with van der Waals surface area (Å²) >= 11 is 6.02. The van der Waals surface area contributed by atoms with E-state index in [2.05, 4.69) is 35.2 Å². The Morgan fingerprint density at radius 3 is 2.78 bits per heavy atom. The van der Waals surface area contributed by atoms with E-state index in [1.54, 1.807) is 0 Å². The van der Waals surface area contributed by atoms with Crippen molar-refractivity contribution in [2.75, 3.05) is 19.0 Å². The van der Waals surface area contributed by atoms with Crippen LogP contribution in [0.4, 0.5) is 0 Å². The van der Waals surface area contributed by atoms with Gasteiger partial charge in [-0.25, -0.2) is 0 Å². The van der Waals surface area contributed by atoms with E-state index in [-0.39, 0.29) is 0 Å². The Bertz CT molecular complexity index is 391. The number of hydrogen-bond donors (Lipinski definition) is 0. The van der Waals surface area contributed by atoms with E-state index < -0.39 is 0 Å². The Hall–Kier alpha value is -0.530. The van der Waals surface area contributed by atoms with Crippen LogP contribution in [0.1, 0.15) is 31.2 Å². The van der Waals surface area contributed by atoms with E-state index in [0.717, 1.165) is 18.3 Å². The third kappa shape index (κ3) is 2.57. The summed E-state index contributed by atoms with van der Waals surface area (Å²) in [6.07, 6.45) is 5.49. The monoisotopic (exact) mass is 263 g/mol. The molecule has 2 heteroatoms. The van der Waals surface area contributed by atoms with E-state index in [4.69, 9.17) is 11.6 Å². The first-order valence-corrected chi connectivity index (χ1v) is 7.65. The molecule has 1 aromatic carbocycles. The second-order valence-electron chi connectivity index (χ2n) is 6.21. The summed E-state index contributed by atoms with van der Waals surface area (Å²) in [5.74, 6) is 1.64. The van der Waals surface area contributed by atoms with Crippen molar-refractivity contribution in [3.63, 3.8) is 0 Å². The quantitative estimate of drug-likeness (QED) is 0.748. The highest BCUT2D eigenvalue weighted by atomic mass is 35.5. The molecule has 0 aromatic heterocycles. The lowest BCUT2D eigenvalue weighted by molar-refractivity contribution is 0.251. The fourth-order valence-corrected chi connectivity index (χ4v) is 4.10. The first-order valence-electron chi connectivity index (χ1n) is 7.12. The zero-order valence-electron chi connectivity index (χ0n) is 10.9. The van der Waals surface area contributed by atoms with Crippen molar-refractivity contribution in [2.24, 2.45) is 11.3 Å². The summed E-state index contributed by atoms with van der Waals surface area (Å²) in [6, 6.07) is 10.8. The molecule has 0 amide bonds. The van der Waals surface area contributed by atoms with Crippen LogP contribution in [0.15, 0.2) is 30.3 Å². The molecule has 1 saturated heterocycles. The molecule has 18 heavy (non-hydrogen) atoms. The first kappa shape index (κ1) is 12.5. The Kier molecular flexibility index (Phi) is 3.63. The lowest BCUT2D eigenvalue weighted by Crippen LogP contribution is -2.25. The summed E-state index contributed by atoms with van der Waals surface area (Å²) in [7, 11) is 0. The molecular weight excluding hydrogens is 242 g/mol. The molecule has 2 fully saturated rings. The number of nitrogens with zero attached hydrogens (tertiary/aromatic N) is 1.